The Bertz CT molecular complexity index is 865. The number of hydrogen-bond acceptors (Lipinski definition) is 4. The van der Waals surface area contributed by atoms with Gasteiger partial charge in [0.15, 0.2) is 5.13 Å². The lowest BCUT2D eigenvalue weighted by molar-refractivity contribution is -0.118. The molecule has 0 saturated carbocycles. The predicted octanol–water partition coefficient (Wildman–Crippen LogP) is 5.23. The van der Waals surface area contributed by atoms with Crippen LogP contribution in [-0.4, -0.2) is 22.4 Å². The number of nitrogens with zero attached hydrogens (tertiary/aromatic N) is 2. The van der Waals surface area contributed by atoms with Crippen LogP contribution in [-0.2, 0) is 11.3 Å². The van der Waals surface area contributed by atoms with Gasteiger partial charge in [-0.15, -0.1) is 11.3 Å². The number of thioether (sulfide) groups is 1. The molecule has 2 aromatic carbocycles. The molecule has 0 aliphatic carbocycles. The first-order valence-corrected chi connectivity index (χ1v) is 10.3. The second-order valence-corrected chi connectivity index (χ2v) is 7.83. The number of aromatic nitrogens is 1. The molecule has 134 valence electrons. The van der Waals surface area contributed by atoms with E-state index in [1.54, 1.807) is 17.0 Å². The highest BCUT2D eigenvalue weighted by Gasteiger charge is 2.24. The number of carbonyl (C=O) groups is 1. The summed E-state index contributed by atoms with van der Waals surface area (Å²) in [6.07, 6.45) is 1.91. The summed E-state index contributed by atoms with van der Waals surface area (Å²) in [7, 11) is 0. The molecule has 0 aliphatic heterocycles. The minimum Gasteiger partial charge on any atom is -0.283 e. The van der Waals surface area contributed by atoms with E-state index in [0.29, 0.717) is 11.7 Å². The van der Waals surface area contributed by atoms with Crippen LogP contribution in [0.15, 0.2) is 60.0 Å². The van der Waals surface area contributed by atoms with Crippen LogP contribution in [0.5, 0.6) is 0 Å². The van der Waals surface area contributed by atoms with Gasteiger partial charge in [-0.05, 0) is 30.9 Å². The van der Waals surface area contributed by atoms with E-state index in [-0.39, 0.29) is 17.0 Å². The first kappa shape index (κ1) is 18.6. The van der Waals surface area contributed by atoms with E-state index in [2.05, 4.69) is 4.98 Å². The highest BCUT2D eigenvalue weighted by Crippen LogP contribution is 2.29. The standard InChI is InChI=1S/C20H19FN2OS2/c1-14(25-2)19(24)23(12-15-8-10-17(21)11-9-15)20-22-18(13-26-20)16-6-4-3-5-7-16/h3-11,13-14H,12H2,1-2H3. The Labute approximate surface area is 160 Å². The van der Waals surface area contributed by atoms with Crippen LogP contribution in [0.1, 0.15) is 12.5 Å². The Balaban J connectivity index is 1.91. The number of anilines is 1. The molecular weight excluding hydrogens is 367 g/mol. The molecule has 0 aliphatic rings. The summed E-state index contributed by atoms with van der Waals surface area (Å²) in [5, 5.41) is 2.43. The maximum atomic E-state index is 13.2. The molecule has 1 amide bonds. The van der Waals surface area contributed by atoms with Crippen molar-refractivity contribution in [1.82, 2.24) is 4.98 Å². The van der Waals surface area contributed by atoms with Gasteiger partial charge in [0.1, 0.15) is 5.82 Å². The number of benzene rings is 2. The molecule has 0 radical (unpaired) electrons. The van der Waals surface area contributed by atoms with Crippen LogP contribution < -0.4 is 4.90 Å². The van der Waals surface area contributed by atoms with E-state index in [0.717, 1.165) is 16.8 Å². The summed E-state index contributed by atoms with van der Waals surface area (Å²) < 4.78 is 13.2. The Hall–Kier alpha value is -2.18. The Kier molecular flexibility index (Phi) is 6.06. The lowest BCUT2D eigenvalue weighted by atomic mass is 10.2. The van der Waals surface area contributed by atoms with Gasteiger partial charge in [0, 0.05) is 10.9 Å². The minimum absolute atomic E-state index is 0.00390. The van der Waals surface area contributed by atoms with Crippen molar-refractivity contribution in [2.75, 3.05) is 11.2 Å². The van der Waals surface area contributed by atoms with E-state index in [4.69, 9.17) is 0 Å². The number of carbonyl (C=O) groups excluding carboxylic acids is 1. The zero-order valence-electron chi connectivity index (χ0n) is 14.6. The molecule has 26 heavy (non-hydrogen) atoms. The zero-order valence-corrected chi connectivity index (χ0v) is 16.2. The Morgan fingerprint density at radius 1 is 1.19 bits per heavy atom. The average Bonchev–Trinajstić information content (AvgIpc) is 3.17. The summed E-state index contributed by atoms with van der Waals surface area (Å²) in [5.74, 6) is -0.291. The average molecular weight is 387 g/mol. The quantitative estimate of drug-likeness (QED) is 0.581. The van der Waals surface area contributed by atoms with Crippen LogP contribution in [0.4, 0.5) is 9.52 Å². The van der Waals surface area contributed by atoms with Crippen molar-refractivity contribution >= 4 is 34.1 Å². The van der Waals surface area contributed by atoms with Gasteiger partial charge in [0.05, 0.1) is 17.5 Å². The molecule has 1 atom stereocenters. The van der Waals surface area contributed by atoms with Crippen molar-refractivity contribution in [2.24, 2.45) is 0 Å². The molecule has 1 heterocycles. The van der Waals surface area contributed by atoms with Gasteiger partial charge >= 0.3 is 0 Å². The predicted molar refractivity (Wildman–Crippen MR) is 108 cm³/mol. The molecule has 0 N–H and O–H groups in total. The third kappa shape index (κ3) is 4.31. The normalized spacial score (nSPS) is 12.0. The number of halogens is 1. The molecule has 6 heteroatoms. The van der Waals surface area contributed by atoms with Gasteiger partial charge in [0.25, 0.3) is 0 Å². The number of rotatable bonds is 6. The first-order chi connectivity index (χ1) is 12.6. The summed E-state index contributed by atoms with van der Waals surface area (Å²) in [4.78, 5) is 19.2. The fourth-order valence-corrected chi connectivity index (χ4v) is 3.63. The fourth-order valence-electron chi connectivity index (χ4n) is 2.46. The second kappa shape index (κ2) is 8.47. The number of amides is 1. The summed E-state index contributed by atoms with van der Waals surface area (Å²) >= 11 is 2.94. The largest absolute Gasteiger partial charge is 0.283 e. The fraction of sp³-hybridized carbons (Fsp3) is 0.200. The maximum Gasteiger partial charge on any atom is 0.241 e. The lowest BCUT2D eigenvalue weighted by Gasteiger charge is -2.23. The van der Waals surface area contributed by atoms with Crippen LogP contribution in [0.3, 0.4) is 0 Å². The molecule has 0 spiro atoms. The molecule has 3 nitrogen and oxygen atoms in total. The van der Waals surface area contributed by atoms with Crippen molar-refractivity contribution in [1.29, 1.82) is 0 Å². The van der Waals surface area contributed by atoms with E-state index in [1.165, 1.54) is 35.2 Å². The SMILES string of the molecule is CSC(C)C(=O)N(Cc1ccc(F)cc1)c1nc(-c2ccccc2)cs1. The van der Waals surface area contributed by atoms with Crippen molar-refractivity contribution in [3.05, 3.63) is 71.4 Å². The topological polar surface area (TPSA) is 33.2 Å². The van der Waals surface area contributed by atoms with Crippen LogP contribution in [0, 0.1) is 5.82 Å². The summed E-state index contributed by atoms with van der Waals surface area (Å²) in [6.45, 7) is 2.25. The van der Waals surface area contributed by atoms with Gasteiger partial charge in [0.2, 0.25) is 5.91 Å². The van der Waals surface area contributed by atoms with E-state index in [9.17, 15) is 9.18 Å². The molecule has 3 aromatic rings. The third-order valence-electron chi connectivity index (χ3n) is 4.01. The monoisotopic (exact) mass is 386 g/mol. The van der Waals surface area contributed by atoms with E-state index < -0.39 is 0 Å². The van der Waals surface area contributed by atoms with E-state index in [1.807, 2.05) is 48.9 Å². The van der Waals surface area contributed by atoms with Crippen LogP contribution in [0.2, 0.25) is 0 Å². The van der Waals surface area contributed by atoms with Gasteiger partial charge in [-0.1, -0.05) is 42.5 Å². The van der Waals surface area contributed by atoms with Crippen molar-refractivity contribution < 1.29 is 9.18 Å². The summed E-state index contributed by atoms with van der Waals surface area (Å²) in [5.41, 5.74) is 2.73. The number of thiazole rings is 1. The summed E-state index contributed by atoms with van der Waals surface area (Å²) in [6, 6.07) is 16.1. The molecule has 0 bridgehead atoms. The number of hydrogen-bond donors (Lipinski definition) is 0. The maximum absolute atomic E-state index is 13.2. The van der Waals surface area contributed by atoms with Gasteiger partial charge < -0.3 is 0 Å². The Morgan fingerprint density at radius 2 is 1.88 bits per heavy atom. The first-order valence-electron chi connectivity index (χ1n) is 8.18. The Morgan fingerprint density at radius 3 is 2.54 bits per heavy atom. The van der Waals surface area contributed by atoms with Crippen molar-refractivity contribution in [2.45, 2.75) is 18.7 Å². The second-order valence-electron chi connectivity index (χ2n) is 5.81. The molecule has 1 unspecified atom stereocenters. The van der Waals surface area contributed by atoms with E-state index >= 15 is 0 Å². The molecular formula is C20H19FN2OS2. The molecule has 3 rings (SSSR count). The van der Waals surface area contributed by atoms with Gasteiger partial charge in [-0.25, -0.2) is 9.37 Å². The van der Waals surface area contributed by atoms with Crippen molar-refractivity contribution in [3.8, 4) is 11.3 Å². The highest BCUT2D eigenvalue weighted by atomic mass is 32.2. The van der Waals surface area contributed by atoms with Gasteiger partial charge in [-0.2, -0.15) is 11.8 Å². The van der Waals surface area contributed by atoms with Crippen LogP contribution in [0.25, 0.3) is 11.3 Å². The van der Waals surface area contributed by atoms with Gasteiger partial charge in [-0.3, -0.25) is 9.69 Å². The molecule has 0 fully saturated rings. The van der Waals surface area contributed by atoms with Crippen molar-refractivity contribution in [3.63, 3.8) is 0 Å². The highest BCUT2D eigenvalue weighted by molar-refractivity contribution is 7.99. The van der Waals surface area contributed by atoms with Crippen LogP contribution >= 0.6 is 23.1 Å². The molecule has 0 saturated heterocycles. The lowest BCUT2D eigenvalue weighted by Crippen LogP contribution is -2.36. The zero-order chi connectivity index (χ0) is 18.5. The molecule has 1 aromatic heterocycles. The third-order valence-corrected chi connectivity index (χ3v) is 5.79. The smallest absolute Gasteiger partial charge is 0.241 e. The minimum atomic E-state index is -0.287.